The number of hydrogen-bond donors (Lipinski definition) is 4. The van der Waals surface area contributed by atoms with Crippen molar-refractivity contribution in [3.05, 3.63) is 65.0 Å². The molecule has 6 rings (SSSR count). The van der Waals surface area contributed by atoms with E-state index in [1.54, 1.807) is 12.1 Å². The second kappa shape index (κ2) is 8.63. The Morgan fingerprint density at radius 3 is 2.70 bits per heavy atom. The fraction of sp³-hybridized carbons (Fsp3) is 0.385. The summed E-state index contributed by atoms with van der Waals surface area (Å²) < 4.78 is 14.0. The Kier molecular flexibility index (Phi) is 5.66. The van der Waals surface area contributed by atoms with Gasteiger partial charge in [0.2, 0.25) is 0 Å². The van der Waals surface area contributed by atoms with Crippen molar-refractivity contribution in [1.29, 1.82) is 5.41 Å². The lowest BCUT2D eigenvalue weighted by atomic mass is 9.80. The van der Waals surface area contributed by atoms with Gasteiger partial charge in [-0.1, -0.05) is 19.1 Å². The van der Waals surface area contributed by atoms with Crippen LogP contribution in [0.4, 0.5) is 10.1 Å². The molecule has 7 heteroatoms. The number of benzene rings is 2. The van der Waals surface area contributed by atoms with E-state index in [1.165, 1.54) is 37.8 Å². The number of aromatic nitrogens is 2. The third kappa shape index (κ3) is 4.13. The van der Waals surface area contributed by atoms with Crippen LogP contribution >= 0.6 is 0 Å². The van der Waals surface area contributed by atoms with Crippen molar-refractivity contribution in [3.8, 4) is 16.9 Å². The van der Waals surface area contributed by atoms with Crippen LogP contribution < -0.4 is 5.73 Å². The molecule has 0 unspecified atom stereocenters. The predicted octanol–water partition coefficient (Wildman–Crippen LogP) is 4.86. The SMILES string of the molecule is CCc1cc(O)c(F)cc1-c1ccc(C(=N)c2ncc(CN3CC4CCC3CC4)[nH]2)c(N)c1. The maximum absolute atomic E-state index is 14.0. The van der Waals surface area contributed by atoms with Gasteiger partial charge in [-0.25, -0.2) is 9.37 Å². The van der Waals surface area contributed by atoms with E-state index in [2.05, 4.69) is 14.9 Å². The molecule has 0 atom stereocenters. The summed E-state index contributed by atoms with van der Waals surface area (Å²) in [4.78, 5) is 10.3. The molecule has 1 aliphatic carbocycles. The van der Waals surface area contributed by atoms with Crippen molar-refractivity contribution in [1.82, 2.24) is 14.9 Å². The first-order chi connectivity index (χ1) is 15.9. The van der Waals surface area contributed by atoms with Crippen molar-refractivity contribution >= 4 is 11.4 Å². The zero-order chi connectivity index (χ0) is 23.1. The highest BCUT2D eigenvalue weighted by molar-refractivity contribution is 6.12. The number of rotatable bonds is 6. The van der Waals surface area contributed by atoms with Gasteiger partial charge in [0, 0.05) is 36.1 Å². The van der Waals surface area contributed by atoms with Crippen LogP contribution in [0.3, 0.4) is 0 Å². The zero-order valence-electron chi connectivity index (χ0n) is 18.9. The van der Waals surface area contributed by atoms with Gasteiger partial charge in [-0.05, 0) is 72.9 Å². The Labute approximate surface area is 193 Å². The van der Waals surface area contributed by atoms with E-state index in [1.807, 2.05) is 19.2 Å². The summed E-state index contributed by atoms with van der Waals surface area (Å²) in [5.74, 6) is 0.302. The summed E-state index contributed by atoms with van der Waals surface area (Å²) in [7, 11) is 0. The van der Waals surface area contributed by atoms with Crippen LogP contribution in [-0.4, -0.2) is 38.3 Å². The number of fused-ring (bicyclic) bond motifs is 3. The first-order valence-electron chi connectivity index (χ1n) is 11.7. The molecule has 2 aliphatic heterocycles. The number of aromatic amines is 1. The Morgan fingerprint density at radius 2 is 2.03 bits per heavy atom. The molecule has 0 amide bonds. The molecule has 3 fully saturated rings. The lowest BCUT2D eigenvalue weighted by Gasteiger charge is -2.45. The lowest BCUT2D eigenvalue weighted by molar-refractivity contribution is 0.0417. The number of nitrogens with zero attached hydrogens (tertiary/aromatic N) is 2. The maximum Gasteiger partial charge on any atom is 0.165 e. The van der Waals surface area contributed by atoms with Crippen LogP contribution in [0.15, 0.2) is 36.5 Å². The van der Waals surface area contributed by atoms with E-state index < -0.39 is 5.82 Å². The Morgan fingerprint density at radius 1 is 1.24 bits per heavy atom. The molecule has 6 nitrogen and oxygen atoms in total. The number of halogens is 1. The molecule has 3 aliphatic rings. The average molecular weight is 448 g/mol. The van der Waals surface area contributed by atoms with E-state index in [0.29, 0.717) is 35.1 Å². The largest absolute Gasteiger partial charge is 0.505 e. The van der Waals surface area contributed by atoms with E-state index in [0.717, 1.165) is 35.8 Å². The fourth-order valence-electron chi connectivity index (χ4n) is 5.40. The highest BCUT2D eigenvalue weighted by Gasteiger charge is 2.33. The van der Waals surface area contributed by atoms with E-state index in [9.17, 15) is 9.50 Å². The minimum Gasteiger partial charge on any atom is -0.505 e. The van der Waals surface area contributed by atoms with E-state index >= 15 is 0 Å². The van der Waals surface area contributed by atoms with Crippen LogP contribution in [-0.2, 0) is 13.0 Å². The van der Waals surface area contributed by atoms with Crippen LogP contribution in [0.1, 0.15) is 55.3 Å². The van der Waals surface area contributed by atoms with E-state index in [-0.39, 0.29) is 11.5 Å². The number of aryl methyl sites for hydroxylation is 1. The minimum atomic E-state index is -0.664. The van der Waals surface area contributed by atoms with Gasteiger partial charge in [0.05, 0.1) is 6.20 Å². The second-order valence-electron chi connectivity index (χ2n) is 9.35. The Bertz CT molecular complexity index is 1200. The number of nitrogens with two attached hydrogens (primary N) is 1. The molecule has 0 spiro atoms. The summed E-state index contributed by atoms with van der Waals surface area (Å²) in [5.41, 5.74) is 10.9. The molecular weight excluding hydrogens is 417 g/mol. The molecule has 5 N–H and O–H groups in total. The topological polar surface area (TPSA) is 102 Å². The zero-order valence-corrected chi connectivity index (χ0v) is 18.9. The number of piperidine rings is 2. The molecule has 2 bridgehead atoms. The van der Waals surface area contributed by atoms with Crippen molar-refractivity contribution in [2.75, 3.05) is 12.3 Å². The highest BCUT2D eigenvalue weighted by Crippen LogP contribution is 2.36. The summed E-state index contributed by atoms with van der Waals surface area (Å²) >= 11 is 0. The van der Waals surface area contributed by atoms with Crippen LogP contribution in [0, 0.1) is 17.1 Å². The fourth-order valence-corrected chi connectivity index (χ4v) is 5.40. The van der Waals surface area contributed by atoms with Crippen molar-refractivity contribution in [3.63, 3.8) is 0 Å². The highest BCUT2D eigenvalue weighted by atomic mass is 19.1. The lowest BCUT2D eigenvalue weighted by Crippen LogP contribution is -2.47. The molecule has 2 saturated heterocycles. The second-order valence-corrected chi connectivity index (χ2v) is 9.35. The monoisotopic (exact) mass is 447 g/mol. The molecular formula is C26H30FN5O. The number of H-pyrrole nitrogens is 1. The third-order valence-electron chi connectivity index (χ3n) is 7.25. The smallest absolute Gasteiger partial charge is 0.165 e. The number of imidazole rings is 1. The standard InChI is InChI=1S/C26H30FN5O/c1-2-16-10-24(33)22(27)11-21(16)17-5-8-20(23(28)9-17)25(29)26-30-12-18(31-26)14-32-13-15-3-6-19(32)7-4-15/h5,8-12,15,19,29,33H,2-4,6-7,13-14,28H2,1H3,(H,30,31). The number of anilines is 1. The molecule has 33 heavy (non-hydrogen) atoms. The number of aromatic hydroxyl groups is 1. The minimum absolute atomic E-state index is 0.234. The van der Waals surface area contributed by atoms with Gasteiger partial charge < -0.3 is 15.8 Å². The average Bonchev–Trinajstić information content (AvgIpc) is 3.29. The summed E-state index contributed by atoms with van der Waals surface area (Å²) in [6.45, 7) is 3.94. The van der Waals surface area contributed by atoms with Gasteiger partial charge in [0.1, 0.15) is 5.71 Å². The molecule has 172 valence electrons. The number of phenols is 1. The normalized spacial score (nSPS) is 20.3. The quantitative estimate of drug-likeness (QED) is 0.320. The van der Waals surface area contributed by atoms with Gasteiger partial charge in [0.25, 0.3) is 0 Å². The number of nitrogen functional groups attached to an aromatic ring is 1. The third-order valence-corrected chi connectivity index (χ3v) is 7.25. The van der Waals surface area contributed by atoms with E-state index in [4.69, 9.17) is 11.1 Å². The van der Waals surface area contributed by atoms with Gasteiger partial charge in [0.15, 0.2) is 17.4 Å². The maximum atomic E-state index is 14.0. The first kappa shape index (κ1) is 21.6. The van der Waals surface area contributed by atoms with Crippen molar-refractivity contribution < 1.29 is 9.50 Å². The van der Waals surface area contributed by atoms with Gasteiger partial charge in [-0.15, -0.1) is 0 Å². The van der Waals surface area contributed by atoms with Crippen LogP contribution in [0.2, 0.25) is 0 Å². The molecule has 2 aromatic carbocycles. The summed E-state index contributed by atoms with van der Waals surface area (Å²) in [6.07, 6.45) is 7.75. The van der Waals surface area contributed by atoms with Gasteiger partial charge in [-0.2, -0.15) is 0 Å². The Hall–Kier alpha value is -3.19. The van der Waals surface area contributed by atoms with Crippen LogP contribution in [0.25, 0.3) is 11.1 Å². The molecule has 3 heterocycles. The molecule has 1 saturated carbocycles. The molecule has 3 aromatic rings. The van der Waals surface area contributed by atoms with Crippen LogP contribution in [0.5, 0.6) is 5.75 Å². The van der Waals surface area contributed by atoms with Gasteiger partial charge in [-0.3, -0.25) is 10.3 Å². The Balaban J connectivity index is 1.35. The first-order valence-corrected chi connectivity index (χ1v) is 11.7. The number of phenolic OH excluding ortho intramolecular Hbond substituents is 1. The molecule has 0 radical (unpaired) electrons. The molecule has 1 aromatic heterocycles. The van der Waals surface area contributed by atoms with Crippen molar-refractivity contribution in [2.45, 2.75) is 51.6 Å². The van der Waals surface area contributed by atoms with Gasteiger partial charge >= 0.3 is 0 Å². The number of nitrogens with one attached hydrogen (secondary N) is 2. The number of hydrogen-bond acceptors (Lipinski definition) is 5. The summed E-state index contributed by atoms with van der Waals surface area (Å²) in [6, 6.07) is 8.82. The van der Waals surface area contributed by atoms with Crippen molar-refractivity contribution in [2.24, 2.45) is 5.92 Å². The summed E-state index contributed by atoms with van der Waals surface area (Å²) in [5, 5.41) is 18.4. The predicted molar refractivity (Wildman–Crippen MR) is 128 cm³/mol.